The molecule has 0 aliphatic rings. The maximum Gasteiger partial charge on any atom is 0.269 e. The number of nitro groups is 1. The summed E-state index contributed by atoms with van der Waals surface area (Å²) >= 11 is 0. The predicted octanol–water partition coefficient (Wildman–Crippen LogP) is 4.50. The Balaban J connectivity index is 1.55. The van der Waals surface area contributed by atoms with Crippen molar-refractivity contribution < 1.29 is 14.5 Å². The van der Waals surface area contributed by atoms with Crippen LogP contribution in [-0.4, -0.2) is 16.7 Å². The minimum atomic E-state index is -0.480. The highest BCUT2D eigenvalue weighted by molar-refractivity contribution is 6.05. The SMILES string of the molecule is O=C(/C=C/c1ccc([N+](=O)[O-])cc1)Nc1ccc(NC(=O)c2ccccc2)cc1. The summed E-state index contributed by atoms with van der Waals surface area (Å²) in [6.45, 7) is 0. The molecule has 0 atom stereocenters. The Kier molecular flexibility index (Phi) is 6.12. The second-order valence-corrected chi connectivity index (χ2v) is 6.07. The van der Waals surface area contributed by atoms with Crippen molar-refractivity contribution in [2.45, 2.75) is 0 Å². The summed E-state index contributed by atoms with van der Waals surface area (Å²) < 4.78 is 0. The highest BCUT2D eigenvalue weighted by atomic mass is 16.6. The Bertz CT molecular complexity index is 1040. The van der Waals surface area contributed by atoms with Gasteiger partial charge in [0, 0.05) is 35.1 Å². The van der Waals surface area contributed by atoms with Crippen LogP contribution in [0.1, 0.15) is 15.9 Å². The van der Waals surface area contributed by atoms with Gasteiger partial charge in [0.25, 0.3) is 11.6 Å². The molecular formula is C22H17N3O4. The third kappa shape index (κ3) is 5.61. The number of rotatable bonds is 6. The van der Waals surface area contributed by atoms with Crippen LogP contribution in [0.2, 0.25) is 0 Å². The Hall–Kier alpha value is -4.26. The zero-order valence-corrected chi connectivity index (χ0v) is 15.2. The molecule has 3 aromatic carbocycles. The average Bonchev–Trinajstić information content (AvgIpc) is 2.74. The van der Waals surface area contributed by atoms with E-state index in [0.29, 0.717) is 22.5 Å². The molecule has 2 N–H and O–H groups in total. The minimum Gasteiger partial charge on any atom is -0.323 e. The third-order valence-corrected chi connectivity index (χ3v) is 3.98. The van der Waals surface area contributed by atoms with Crippen LogP contribution in [0, 0.1) is 10.1 Å². The fraction of sp³-hybridized carbons (Fsp3) is 0. The fourth-order valence-corrected chi connectivity index (χ4v) is 2.49. The lowest BCUT2D eigenvalue weighted by Gasteiger charge is -2.07. The smallest absolute Gasteiger partial charge is 0.269 e. The van der Waals surface area contributed by atoms with Crippen LogP contribution in [0.5, 0.6) is 0 Å². The zero-order valence-electron chi connectivity index (χ0n) is 15.2. The van der Waals surface area contributed by atoms with E-state index in [1.165, 1.54) is 18.2 Å². The van der Waals surface area contributed by atoms with Gasteiger partial charge >= 0.3 is 0 Å². The summed E-state index contributed by atoms with van der Waals surface area (Å²) in [7, 11) is 0. The maximum absolute atomic E-state index is 12.1. The maximum atomic E-state index is 12.1. The second kappa shape index (κ2) is 9.09. The number of benzene rings is 3. The number of nitrogens with zero attached hydrogens (tertiary/aromatic N) is 1. The van der Waals surface area contributed by atoms with Crippen LogP contribution in [-0.2, 0) is 4.79 Å². The van der Waals surface area contributed by atoms with E-state index in [1.54, 1.807) is 66.7 Å². The van der Waals surface area contributed by atoms with E-state index in [-0.39, 0.29) is 17.5 Å². The number of carbonyl (C=O) groups excluding carboxylic acids is 2. The number of nitrogens with one attached hydrogen (secondary N) is 2. The molecule has 7 heteroatoms. The normalized spacial score (nSPS) is 10.5. The molecule has 0 saturated carbocycles. The molecule has 0 fully saturated rings. The number of hydrogen-bond donors (Lipinski definition) is 2. The molecule has 0 unspecified atom stereocenters. The Morgan fingerprint density at radius 1 is 0.793 bits per heavy atom. The summed E-state index contributed by atoms with van der Waals surface area (Å²) in [6, 6.07) is 21.5. The predicted molar refractivity (Wildman–Crippen MR) is 112 cm³/mol. The van der Waals surface area contributed by atoms with Crippen molar-refractivity contribution in [3.8, 4) is 0 Å². The van der Waals surface area contributed by atoms with E-state index in [9.17, 15) is 19.7 Å². The first-order valence-corrected chi connectivity index (χ1v) is 8.71. The number of amides is 2. The van der Waals surface area contributed by atoms with Gasteiger partial charge in [-0.3, -0.25) is 19.7 Å². The van der Waals surface area contributed by atoms with Gasteiger partial charge in [-0.25, -0.2) is 0 Å². The van der Waals surface area contributed by atoms with Gasteiger partial charge in [0.15, 0.2) is 0 Å². The van der Waals surface area contributed by atoms with Crippen molar-refractivity contribution in [1.82, 2.24) is 0 Å². The lowest BCUT2D eigenvalue weighted by molar-refractivity contribution is -0.384. The van der Waals surface area contributed by atoms with E-state index in [4.69, 9.17) is 0 Å². The lowest BCUT2D eigenvalue weighted by Crippen LogP contribution is -2.12. The van der Waals surface area contributed by atoms with Crippen molar-refractivity contribution >= 4 is 35.0 Å². The first-order valence-electron chi connectivity index (χ1n) is 8.71. The van der Waals surface area contributed by atoms with Gasteiger partial charge in [0.1, 0.15) is 0 Å². The van der Waals surface area contributed by atoms with Gasteiger partial charge < -0.3 is 10.6 Å². The number of carbonyl (C=O) groups is 2. The molecule has 3 aromatic rings. The third-order valence-electron chi connectivity index (χ3n) is 3.98. The van der Waals surface area contributed by atoms with Gasteiger partial charge in [-0.15, -0.1) is 0 Å². The van der Waals surface area contributed by atoms with Crippen LogP contribution < -0.4 is 10.6 Å². The van der Waals surface area contributed by atoms with E-state index in [1.807, 2.05) is 6.07 Å². The van der Waals surface area contributed by atoms with Crippen molar-refractivity contribution in [1.29, 1.82) is 0 Å². The van der Waals surface area contributed by atoms with Crippen LogP contribution in [0.25, 0.3) is 6.08 Å². The Morgan fingerprint density at radius 2 is 1.38 bits per heavy atom. The lowest BCUT2D eigenvalue weighted by atomic mass is 10.2. The highest BCUT2D eigenvalue weighted by Gasteiger charge is 2.06. The second-order valence-electron chi connectivity index (χ2n) is 6.07. The fourth-order valence-electron chi connectivity index (χ4n) is 2.49. The molecule has 0 aliphatic heterocycles. The van der Waals surface area contributed by atoms with E-state index < -0.39 is 4.92 Å². The van der Waals surface area contributed by atoms with Crippen molar-refractivity contribution in [2.75, 3.05) is 10.6 Å². The molecule has 3 rings (SSSR count). The molecule has 0 bridgehead atoms. The number of nitro benzene ring substituents is 1. The topological polar surface area (TPSA) is 101 Å². The summed E-state index contributed by atoms with van der Waals surface area (Å²) in [5.74, 6) is -0.558. The van der Waals surface area contributed by atoms with Crippen LogP contribution >= 0.6 is 0 Å². The van der Waals surface area contributed by atoms with Gasteiger partial charge in [0.2, 0.25) is 5.91 Å². The van der Waals surface area contributed by atoms with Gasteiger partial charge in [-0.2, -0.15) is 0 Å². The van der Waals surface area contributed by atoms with E-state index in [0.717, 1.165) is 0 Å². The van der Waals surface area contributed by atoms with E-state index >= 15 is 0 Å². The van der Waals surface area contributed by atoms with Crippen molar-refractivity contribution in [3.05, 3.63) is 106 Å². The van der Waals surface area contributed by atoms with Gasteiger partial charge in [0.05, 0.1) is 4.92 Å². The first-order chi connectivity index (χ1) is 14.0. The van der Waals surface area contributed by atoms with E-state index in [2.05, 4.69) is 10.6 Å². The number of hydrogen-bond acceptors (Lipinski definition) is 4. The summed E-state index contributed by atoms with van der Waals surface area (Å²) in [5.41, 5.74) is 2.40. The molecular weight excluding hydrogens is 370 g/mol. The monoisotopic (exact) mass is 387 g/mol. The average molecular weight is 387 g/mol. The first kappa shape index (κ1) is 19.5. The van der Waals surface area contributed by atoms with Gasteiger partial charge in [-0.1, -0.05) is 18.2 Å². The molecule has 0 aromatic heterocycles. The summed E-state index contributed by atoms with van der Waals surface area (Å²) in [4.78, 5) is 34.3. The molecule has 0 saturated heterocycles. The van der Waals surface area contributed by atoms with Crippen molar-refractivity contribution in [3.63, 3.8) is 0 Å². The zero-order chi connectivity index (χ0) is 20.6. The summed E-state index contributed by atoms with van der Waals surface area (Å²) in [6.07, 6.45) is 2.90. The molecule has 2 amide bonds. The molecule has 0 heterocycles. The Morgan fingerprint density at radius 3 is 1.97 bits per heavy atom. The molecule has 29 heavy (non-hydrogen) atoms. The van der Waals surface area contributed by atoms with Gasteiger partial charge in [-0.05, 0) is 60.2 Å². The molecule has 0 radical (unpaired) electrons. The molecule has 0 spiro atoms. The summed E-state index contributed by atoms with van der Waals surface area (Å²) in [5, 5.41) is 16.1. The molecule has 144 valence electrons. The standard InChI is InChI=1S/C22H17N3O4/c26-21(15-8-16-6-13-20(14-7-16)25(28)29)23-18-9-11-19(12-10-18)24-22(27)17-4-2-1-3-5-17/h1-15H,(H,23,26)(H,24,27)/b15-8+. The number of non-ortho nitro benzene ring substituents is 1. The minimum absolute atomic E-state index is 0.00829. The quantitative estimate of drug-likeness (QED) is 0.369. The number of anilines is 2. The largest absolute Gasteiger partial charge is 0.323 e. The molecule has 0 aliphatic carbocycles. The Labute approximate surface area is 166 Å². The van der Waals surface area contributed by atoms with Crippen LogP contribution in [0.4, 0.5) is 17.1 Å². The van der Waals surface area contributed by atoms with Crippen LogP contribution in [0.3, 0.4) is 0 Å². The molecule has 7 nitrogen and oxygen atoms in total. The highest BCUT2D eigenvalue weighted by Crippen LogP contribution is 2.16. The van der Waals surface area contributed by atoms with Crippen molar-refractivity contribution in [2.24, 2.45) is 0 Å². The van der Waals surface area contributed by atoms with Crippen LogP contribution in [0.15, 0.2) is 84.9 Å².